The number of fused-ring (bicyclic) bond motifs is 6. The van der Waals surface area contributed by atoms with Gasteiger partial charge in [-0.15, -0.1) is 0 Å². The summed E-state index contributed by atoms with van der Waals surface area (Å²) in [7, 11) is 0. The van der Waals surface area contributed by atoms with E-state index in [1.807, 2.05) is 41.5 Å². The Morgan fingerprint density at radius 3 is 0.834 bits per heavy atom. The molecule has 764 valence electrons. The molecule has 145 heavy (non-hydrogen) atoms. The molecule has 24 nitrogen and oxygen atoms in total. The van der Waals surface area contributed by atoms with Crippen molar-refractivity contribution >= 4 is 257 Å². The third kappa shape index (κ3) is 24.9. The van der Waals surface area contributed by atoms with Gasteiger partial charge in [0.05, 0.1) is 30.1 Å². The van der Waals surface area contributed by atoms with E-state index in [4.69, 9.17) is 51.2 Å². The molecule has 0 amide bonds. The molecule has 0 bridgehead atoms. The van der Waals surface area contributed by atoms with Crippen molar-refractivity contribution < 1.29 is 143 Å². The number of rotatable bonds is 18. The lowest BCUT2D eigenvalue weighted by Gasteiger charge is -2.15. The molecule has 12 aromatic carbocycles. The van der Waals surface area contributed by atoms with E-state index in [2.05, 4.69) is 191 Å². The molecule has 0 aliphatic carbocycles. The topological polar surface area (TPSA) is 443 Å². The Hall–Kier alpha value is -8.04. The number of phenols is 6. The van der Waals surface area contributed by atoms with Gasteiger partial charge in [-0.05, 0) is 283 Å². The Balaban J connectivity index is 0.000000171. The molecule has 6 aromatic heterocycles. The SMILES string of the molecule is C.[2H]c1c(O)c(O)c([2H])c2c(C(O)c3cc(Br)c(C)c(Br)c3)c(C(C)O)oc12.[2H]c1c(O)c([2H])c2c(C(O)c3cc(Br)c(C)c(Br)c3)c(C(C)O)oc2c1[2H].[2H]c1c(O)c([2H])c2oc(C(C)O)c(C(O)c3cc(Br)c(C)c(Br)c3)c2c1[2H].[2H]c1c([2H])c(O)c2c(C(O)c3cc(Br)c(C)c(Br)c3)c(C(C)O)oc2c1[2H].[2H]c1c([2H])c([2H])c2c(C(O)c3cc(Br)c(C)c(Br)c3)c(C(C)O)oc2c1O.[2H]c1c([2H])c([2H])c2c(C(O)c3cc(Br)c(C)c(Br)c3)c(C(C)O)oc2c1[2H]. The van der Waals surface area contributed by atoms with Crippen LogP contribution in [0.15, 0.2) is 262 Å². The standard InChI is InChI=1S/C18H16Br2O5.4C18H16Br2O4.C18H16Br2O3.CH4/c1-7-11(19)3-9(4-12(7)20)17(24)16-10-5-13(22)14(23)6-15(10)25-18(16)8(2)21;1-8-13(19)5-10(6-14(8)20)17(23)16-12-7-11(22)3-4-15(12)24-18(16)9(2)21;1-8-13(19)5-10(6-14(8)20)17(23)16-12-4-3-11(22)7-15(12)24-18(16)9(2)21;1-8-11(19)6-10(7-12(8)20)17(23)16-15-13(22)4-3-5-14(15)24-18(16)9(2)21;1-8-12(19)6-10(7-13(8)20)16(23)15-11-4-3-5-14(22)18(11)24-17(15)9(2)21;1-9-13(19)7-11(8-14(9)20)17(22)16-12-5-3-4-6-15(12)23-18(16)10(2)21;/h3-6,8,17,21-24H,1-2H3;3*3-7,9,17,21-23H,1-2H3;3-7,9,16,21-23H,1-2H3;3-8,10,17,21-22H,1-2H3;1H4/i5D,6D;2*3D,4D,7D;2*3D,4D,5D;3D,4D,5D,6D;. The molecule has 0 aliphatic heterocycles. The highest BCUT2D eigenvalue weighted by molar-refractivity contribution is 9.12. The van der Waals surface area contributed by atoms with Crippen LogP contribution in [0.5, 0.6) is 34.5 Å². The van der Waals surface area contributed by atoms with Crippen LogP contribution in [0.4, 0.5) is 0 Å². The van der Waals surface area contributed by atoms with Gasteiger partial charge in [-0.25, -0.2) is 0 Å². The Bertz CT molecular complexity index is 7550. The van der Waals surface area contributed by atoms with Gasteiger partial charge in [-0.1, -0.05) is 235 Å². The lowest BCUT2D eigenvalue weighted by atomic mass is 9.96. The molecule has 0 saturated heterocycles. The zero-order valence-corrected chi connectivity index (χ0v) is 95.9. The fraction of sp³-hybridized carbons (Fsp3) is 0.229. The van der Waals surface area contributed by atoms with Crippen LogP contribution in [-0.2, 0) is 0 Å². The number of benzene rings is 12. The smallest absolute Gasteiger partial charge is 0.176 e. The number of aliphatic hydroxyl groups excluding tert-OH is 12. The van der Waals surface area contributed by atoms with E-state index < -0.39 is 186 Å². The molecule has 0 fully saturated rings. The minimum atomic E-state index is -1.31. The number of aromatic hydroxyl groups is 6. The van der Waals surface area contributed by atoms with Crippen LogP contribution in [0, 0.1) is 41.5 Å². The van der Waals surface area contributed by atoms with Gasteiger partial charge in [-0.3, -0.25) is 0 Å². The molecule has 18 rings (SSSR count). The highest BCUT2D eigenvalue weighted by atomic mass is 79.9. The van der Waals surface area contributed by atoms with Crippen molar-refractivity contribution in [1.29, 1.82) is 0 Å². The summed E-state index contributed by atoms with van der Waals surface area (Å²) >= 11 is 41.1. The van der Waals surface area contributed by atoms with Gasteiger partial charge in [0.15, 0.2) is 22.8 Å². The van der Waals surface area contributed by atoms with E-state index in [0.29, 0.717) is 33.4 Å². The van der Waals surface area contributed by atoms with Gasteiger partial charge in [0.1, 0.15) is 153 Å². The first-order valence-corrected chi connectivity index (χ1v) is 52.3. The molecule has 0 aliphatic rings. The molecular formula is C109H100Br12O24. The first-order chi connectivity index (χ1) is 75.3. The number of phenolic OH excluding ortho intramolecular Hbond substituents is 6. The minimum Gasteiger partial charge on any atom is -0.508 e. The lowest BCUT2D eigenvalue weighted by Crippen LogP contribution is -2.05. The third-order valence-corrected chi connectivity index (χ3v) is 32.7. The summed E-state index contributed by atoms with van der Waals surface area (Å²) in [5.74, 6) is -4.23. The Morgan fingerprint density at radius 1 is 0.228 bits per heavy atom. The molecule has 0 spiro atoms. The molecule has 6 heterocycles. The van der Waals surface area contributed by atoms with Gasteiger partial charge in [0.25, 0.3) is 0 Å². The van der Waals surface area contributed by atoms with Crippen LogP contribution in [0.25, 0.3) is 65.8 Å². The maximum atomic E-state index is 11.1. The number of halogens is 12. The van der Waals surface area contributed by atoms with Crippen molar-refractivity contribution in [3.8, 4) is 34.5 Å². The van der Waals surface area contributed by atoms with Crippen molar-refractivity contribution in [2.24, 2.45) is 0 Å². The Labute approximate surface area is 959 Å². The first kappa shape index (κ1) is 91.9. The van der Waals surface area contributed by atoms with Crippen LogP contribution in [0.3, 0.4) is 0 Å². The molecule has 36 heteroatoms. The summed E-state index contributed by atoms with van der Waals surface area (Å²) in [5, 5.41) is 187. The summed E-state index contributed by atoms with van der Waals surface area (Å²) < 4.78 is 186. The van der Waals surface area contributed by atoms with Crippen molar-refractivity contribution in [3.05, 3.63) is 370 Å². The zero-order chi connectivity index (χ0) is 121. The van der Waals surface area contributed by atoms with E-state index in [0.717, 1.165) is 87.1 Å². The van der Waals surface area contributed by atoms with Gasteiger partial charge in [-0.2, -0.15) is 0 Å². The second-order valence-corrected chi connectivity index (χ2v) is 43.2. The van der Waals surface area contributed by atoms with Gasteiger partial charge >= 0.3 is 0 Å². The molecule has 12 unspecified atom stereocenters. The summed E-state index contributed by atoms with van der Waals surface area (Å²) in [5.41, 5.74) is 8.05. The second-order valence-electron chi connectivity index (χ2n) is 33.0. The summed E-state index contributed by atoms with van der Waals surface area (Å²) in [6, 6.07) is 12.4. The number of para-hydroxylation sites is 2. The predicted molar refractivity (Wildman–Crippen MR) is 602 cm³/mol. The van der Waals surface area contributed by atoms with Crippen molar-refractivity contribution in [1.82, 2.24) is 0 Å². The summed E-state index contributed by atoms with van der Waals surface area (Å²) in [4.78, 5) is 0. The van der Waals surface area contributed by atoms with Gasteiger partial charge in [0.2, 0.25) is 0 Å². The highest BCUT2D eigenvalue weighted by Gasteiger charge is 2.35. The average molecular weight is 2770 g/mol. The van der Waals surface area contributed by atoms with E-state index >= 15 is 0 Å². The number of hydrogen-bond donors (Lipinski definition) is 18. The molecular weight excluding hydrogens is 2650 g/mol. The van der Waals surface area contributed by atoms with E-state index in [1.165, 1.54) is 41.5 Å². The Kier molecular flexibility index (Phi) is 30.7. The minimum absolute atomic E-state index is 0. The molecule has 12 atom stereocenters. The average Bonchev–Trinajstić information content (AvgIpc) is 1.61. The van der Waals surface area contributed by atoms with Gasteiger partial charge < -0.3 is 118 Å². The van der Waals surface area contributed by atoms with Crippen molar-refractivity contribution in [3.63, 3.8) is 0 Å². The fourth-order valence-electron chi connectivity index (χ4n) is 15.1. The number of aliphatic hydroxyl groups is 12. The third-order valence-electron chi connectivity index (χ3n) is 22.9. The van der Waals surface area contributed by atoms with Crippen LogP contribution in [0.1, 0.15) is 282 Å². The molecule has 18 aromatic rings. The number of hydrogen-bond acceptors (Lipinski definition) is 24. The van der Waals surface area contributed by atoms with Crippen molar-refractivity contribution in [2.45, 2.75) is 164 Å². The quantitative estimate of drug-likeness (QED) is 0.0355. The van der Waals surface area contributed by atoms with E-state index in [9.17, 15) is 91.9 Å². The molecule has 18 N–H and O–H groups in total. The van der Waals surface area contributed by atoms with Crippen LogP contribution >= 0.6 is 191 Å². The lowest BCUT2D eigenvalue weighted by molar-refractivity contribution is 0.159. The normalized spacial score (nSPS) is 15.7. The van der Waals surface area contributed by atoms with Crippen LogP contribution in [-0.4, -0.2) is 91.9 Å². The first-order valence-electron chi connectivity index (χ1n) is 51.7. The summed E-state index contributed by atoms with van der Waals surface area (Å²) in [6.45, 7) is 19.9. The largest absolute Gasteiger partial charge is 0.508 e. The maximum absolute atomic E-state index is 11.1. The van der Waals surface area contributed by atoms with Gasteiger partial charge in [0, 0.05) is 126 Å². The zero-order valence-electron chi connectivity index (χ0n) is 94.9. The van der Waals surface area contributed by atoms with E-state index in [-0.39, 0.29) is 171 Å². The fourth-order valence-corrected chi connectivity index (χ4v) is 22.5. The Morgan fingerprint density at radius 2 is 0.469 bits per heavy atom. The summed E-state index contributed by atoms with van der Waals surface area (Å²) in [6.07, 6.45) is -14.5. The number of furan rings is 6. The predicted octanol–water partition coefficient (Wildman–Crippen LogP) is 31.3. The van der Waals surface area contributed by atoms with Crippen LogP contribution < -0.4 is 0 Å². The van der Waals surface area contributed by atoms with Crippen molar-refractivity contribution in [2.75, 3.05) is 0 Å². The highest BCUT2D eigenvalue weighted by Crippen LogP contribution is 2.51. The molecule has 0 saturated carbocycles. The molecule has 0 radical (unpaired) electrons. The second kappa shape index (κ2) is 48.5. The van der Waals surface area contributed by atoms with Crippen LogP contribution in [0.2, 0.25) is 0 Å². The monoisotopic (exact) mass is 2760 g/mol. The van der Waals surface area contributed by atoms with E-state index in [1.54, 1.807) is 72.8 Å². The maximum Gasteiger partial charge on any atom is 0.176 e.